The molecule has 0 aromatic heterocycles. The van der Waals surface area contributed by atoms with Gasteiger partial charge in [0, 0.05) is 13.6 Å². The van der Waals surface area contributed by atoms with Gasteiger partial charge < -0.3 is 9.69 Å². The van der Waals surface area contributed by atoms with E-state index in [1.54, 1.807) is 11.9 Å². The van der Waals surface area contributed by atoms with Gasteiger partial charge in [-0.15, -0.1) is 0 Å². The summed E-state index contributed by atoms with van der Waals surface area (Å²) >= 11 is 0. The highest BCUT2D eigenvalue weighted by molar-refractivity contribution is 5.78. The summed E-state index contributed by atoms with van der Waals surface area (Å²) in [6.07, 6.45) is 4.22. The van der Waals surface area contributed by atoms with E-state index in [-0.39, 0.29) is 18.5 Å². The second-order valence-electron chi connectivity index (χ2n) is 4.39. The number of hydrogen-bond donors (Lipinski definition) is 0. The van der Waals surface area contributed by atoms with Gasteiger partial charge in [-0.3, -0.25) is 9.69 Å². The summed E-state index contributed by atoms with van der Waals surface area (Å²) in [7, 11) is 1.69. The third-order valence-corrected chi connectivity index (χ3v) is 3.14. The molecule has 1 aliphatic heterocycles. The summed E-state index contributed by atoms with van der Waals surface area (Å²) in [6.45, 7) is 1.54. The van der Waals surface area contributed by atoms with Crippen molar-refractivity contribution >= 4 is 12.2 Å². The average Bonchev–Trinajstić information content (AvgIpc) is 2.36. The zero-order valence-corrected chi connectivity index (χ0v) is 10.3. The number of aldehydes is 1. The van der Waals surface area contributed by atoms with E-state index >= 15 is 0 Å². The molecule has 1 amide bonds. The molecule has 17 heavy (non-hydrogen) atoms. The fourth-order valence-corrected chi connectivity index (χ4v) is 2.00. The lowest BCUT2D eigenvalue weighted by atomic mass is 10.0. The van der Waals surface area contributed by atoms with Gasteiger partial charge in [-0.2, -0.15) is 5.26 Å². The second kappa shape index (κ2) is 7.02. The summed E-state index contributed by atoms with van der Waals surface area (Å²) in [5.41, 5.74) is 0. The minimum Gasteiger partial charge on any atom is -0.344 e. The van der Waals surface area contributed by atoms with E-state index in [2.05, 4.69) is 0 Å². The van der Waals surface area contributed by atoms with Gasteiger partial charge in [-0.05, 0) is 19.4 Å². The molecule has 0 N–H and O–H groups in total. The van der Waals surface area contributed by atoms with Crippen molar-refractivity contribution in [2.24, 2.45) is 0 Å². The molecule has 1 rings (SSSR count). The van der Waals surface area contributed by atoms with E-state index in [0.717, 1.165) is 32.1 Å². The molecule has 5 heteroatoms. The van der Waals surface area contributed by atoms with Gasteiger partial charge in [0.25, 0.3) is 0 Å². The fraction of sp³-hybridized carbons (Fsp3) is 0.750. The maximum Gasteiger partial charge on any atom is 0.236 e. The lowest BCUT2D eigenvalue weighted by Crippen LogP contribution is -2.46. The Bertz CT molecular complexity index is 311. The van der Waals surface area contributed by atoms with Crippen LogP contribution in [0.2, 0.25) is 0 Å². The Labute approximate surface area is 102 Å². The Balaban J connectivity index is 2.43. The second-order valence-corrected chi connectivity index (χ2v) is 4.39. The van der Waals surface area contributed by atoms with Crippen molar-refractivity contribution in [3.63, 3.8) is 0 Å². The van der Waals surface area contributed by atoms with Crippen LogP contribution in [-0.2, 0) is 9.59 Å². The van der Waals surface area contributed by atoms with Gasteiger partial charge in [0.05, 0.1) is 25.1 Å². The maximum absolute atomic E-state index is 11.8. The minimum absolute atomic E-state index is 0.0194. The Kier molecular flexibility index (Phi) is 5.64. The van der Waals surface area contributed by atoms with Crippen molar-refractivity contribution in [1.29, 1.82) is 5.26 Å². The quantitative estimate of drug-likeness (QED) is 0.650. The van der Waals surface area contributed by atoms with Gasteiger partial charge in [0.15, 0.2) is 0 Å². The molecule has 94 valence electrons. The molecule has 0 aromatic carbocycles. The molecule has 5 nitrogen and oxygen atoms in total. The van der Waals surface area contributed by atoms with Gasteiger partial charge in [0.1, 0.15) is 6.29 Å². The number of hydrogen-bond acceptors (Lipinski definition) is 4. The summed E-state index contributed by atoms with van der Waals surface area (Å²) in [5, 5.41) is 8.45. The van der Waals surface area contributed by atoms with Crippen LogP contribution >= 0.6 is 0 Å². The largest absolute Gasteiger partial charge is 0.344 e. The van der Waals surface area contributed by atoms with Crippen LogP contribution in [0.1, 0.15) is 25.7 Å². The van der Waals surface area contributed by atoms with Gasteiger partial charge >= 0.3 is 0 Å². The Morgan fingerprint density at radius 3 is 3.00 bits per heavy atom. The highest BCUT2D eigenvalue weighted by atomic mass is 16.2. The summed E-state index contributed by atoms with van der Waals surface area (Å²) in [6, 6.07) is 1.90. The van der Waals surface area contributed by atoms with E-state index in [0.29, 0.717) is 13.0 Å². The molecular weight excluding hydrogens is 218 g/mol. The number of carbonyl (C=O) groups is 2. The predicted molar refractivity (Wildman–Crippen MR) is 63.1 cm³/mol. The number of nitriles is 1. The molecule has 0 spiro atoms. The van der Waals surface area contributed by atoms with Crippen molar-refractivity contribution in [1.82, 2.24) is 9.80 Å². The first kappa shape index (κ1) is 13.7. The molecular formula is C12H19N3O2. The molecule has 0 aliphatic carbocycles. The van der Waals surface area contributed by atoms with Crippen molar-refractivity contribution < 1.29 is 9.59 Å². The first-order valence-corrected chi connectivity index (χ1v) is 5.99. The van der Waals surface area contributed by atoms with E-state index in [1.807, 2.05) is 11.0 Å². The number of likely N-dealkylation sites (tertiary alicyclic amines) is 1. The highest BCUT2D eigenvalue weighted by Crippen LogP contribution is 2.15. The molecule has 1 saturated heterocycles. The van der Waals surface area contributed by atoms with E-state index in [9.17, 15) is 9.59 Å². The lowest BCUT2D eigenvalue weighted by molar-refractivity contribution is -0.132. The molecule has 1 fully saturated rings. The van der Waals surface area contributed by atoms with Crippen molar-refractivity contribution in [2.45, 2.75) is 31.7 Å². The maximum atomic E-state index is 11.8. The number of amides is 1. The Morgan fingerprint density at radius 2 is 2.35 bits per heavy atom. The van der Waals surface area contributed by atoms with Gasteiger partial charge in [-0.25, -0.2) is 0 Å². The van der Waals surface area contributed by atoms with Gasteiger partial charge in [-0.1, -0.05) is 6.42 Å². The molecule has 0 aromatic rings. The number of rotatable bonds is 5. The lowest BCUT2D eigenvalue weighted by Gasteiger charge is -2.32. The number of carbonyl (C=O) groups excluding carboxylic acids is 2. The van der Waals surface area contributed by atoms with Crippen LogP contribution in [0, 0.1) is 11.3 Å². The first-order chi connectivity index (χ1) is 8.19. The predicted octanol–water partition coefficient (Wildman–Crippen LogP) is 0.412. The molecule has 0 radical (unpaired) electrons. The standard InChI is InChI=1S/C12H19N3O2/c1-14(7-4-6-13)12(17)9-15-8-3-2-5-11(15)10-16/h10-11H,2-5,7-9H2,1H3. The Morgan fingerprint density at radius 1 is 1.59 bits per heavy atom. The Hall–Kier alpha value is -1.41. The first-order valence-electron chi connectivity index (χ1n) is 5.99. The zero-order chi connectivity index (χ0) is 12.7. The van der Waals surface area contributed by atoms with Crippen LogP contribution in [0.15, 0.2) is 0 Å². The number of likely N-dealkylation sites (N-methyl/N-ethyl adjacent to an activating group) is 1. The van der Waals surface area contributed by atoms with Crippen LogP contribution in [0.4, 0.5) is 0 Å². The van der Waals surface area contributed by atoms with E-state index in [1.165, 1.54) is 0 Å². The van der Waals surface area contributed by atoms with Crippen molar-refractivity contribution in [3.05, 3.63) is 0 Å². The van der Waals surface area contributed by atoms with Crippen LogP contribution in [0.3, 0.4) is 0 Å². The molecule has 1 atom stereocenters. The fourth-order valence-electron chi connectivity index (χ4n) is 2.00. The molecule has 1 aliphatic rings. The van der Waals surface area contributed by atoms with Crippen LogP contribution in [0.5, 0.6) is 0 Å². The SMILES string of the molecule is CN(CCC#N)C(=O)CN1CCCCC1C=O. The van der Waals surface area contributed by atoms with Gasteiger partial charge in [0.2, 0.25) is 5.91 Å². The van der Waals surface area contributed by atoms with Crippen LogP contribution in [0.25, 0.3) is 0 Å². The smallest absolute Gasteiger partial charge is 0.236 e. The topological polar surface area (TPSA) is 64.4 Å². The molecule has 1 heterocycles. The van der Waals surface area contributed by atoms with E-state index < -0.39 is 0 Å². The van der Waals surface area contributed by atoms with Crippen molar-refractivity contribution in [2.75, 3.05) is 26.7 Å². The zero-order valence-electron chi connectivity index (χ0n) is 10.3. The third kappa shape index (κ3) is 4.16. The number of piperidine rings is 1. The average molecular weight is 237 g/mol. The molecule has 0 bridgehead atoms. The van der Waals surface area contributed by atoms with Crippen LogP contribution < -0.4 is 0 Å². The van der Waals surface area contributed by atoms with E-state index in [4.69, 9.17) is 5.26 Å². The molecule has 1 unspecified atom stereocenters. The van der Waals surface area contributed by atoms with Crippen molar-refractivity contribution in [3.8, 4) is 6.07 Å². The summed E-state index contributed by atoms with van der Waals surface area (Å²) in [5.74, 6) is -0.0194. The van der Waals surface area contributed by atoms with Crippen LogP contribution in [-0.4, -0.2) is 54.7 Å². The summed E-state index contributed by atoms with van der Waals surface area (Å²) < 4.78 is 0. The monoisotopic (exact) mass is 237 g/mol. The molecule has 0 saturated carbocycles. The summed E-state index contributed by atoms with van der Waals surface area (Å²) in [4.78, 5) is 26.2. The number of nitrogens with zero attached hydrogens (tertiary/aromatic N) is 3. The normalized spacial score (nSPS) is 20.6. The third-order valence-electron chi connectivity index (χ3n) is 3.14. The minimum atomic E-state index is -0.114. The highest BCUT2D eigenvalue weighted by Gasteiger charge is 2.24.